The fourth-order valence-corrected chi connectivity index (χ4v) is 2.11. The van der Waals surface area contributed by atoms with Crippen LogP contribution in [0.25, 0.3) is 0 Å². The molecule has 1 fully saturated rings. The van der Waals surface area contributed by atoms with Crippen LogP contribution in [-0.4, -0.2) is 29.1 Å². The van der Waals surface area contributed by atoms with E-state index in [1.165, 1.54) is 19.3 Å². The summed E-state index contributed by atoms with van der Waals surface area (Å²) in [5.74, 6) is 0. The zero-order valence-electron chi connectivity index (χ0n) is 8.68. The van der Waals surface area contributed by atoms with Crippen molar-refractivity contribution >= 4 is 17.3 Å². The van der Waals surface area contributed by atoms with E-state index in [2.05, 4.69) is 24.1 Å². The molecule has 0 aromatic heterocycles. The summed E-state index contributed by atoms with van der Waals surface area (Å²) in [6, 6.07) is 0.630. The van der Waals surface area contributed by atoms with Gasteiger partial charge in [0.05, 0.1) is 0 Å². The van der Waals surface area contributed by atoms with Gasteiger partial charge in [0.2, 0.25) is 0 Å². The molecular formula is C10H20N2S. The molecule has 1 aliphatic heterocycles. The highest BCUT2D eigenvalue weighted by Gasteiger charge is 2.19. The van der Waals surface area contributed by atoms with Gasteiger partial charge in [-0.15, -0.1) is 0 Å². The molecule has 0 amide bonds. The monoisotopic (exact) mass is 200 g/mol. The molecule has 1 saturated heterocycles. The predicted molar refractivity (Wildman–Crippen MR) is 60.9 cm³/mol. The predicted octanol–water partition coefficient (Wildman–Crippen LogP) is 2.15. The van der Waals surface area contributed by atoms with Crippen LogP contribution in [0, 0.1) is 0 Å². The summed E-state index contributed by atoms with van der Waals surface area (Å²) in [6.45, 7) is 6.56. The van der Waals surface area contributed by atoms with E-state index in [0.717, 1.165) is 24.6 Å². The maximum Gasteiger partial charge on any atom is 0.169 e. The Hall–Kier alpha value is -0.310. The summed E-state index contributed by atoms with van der Waals surface area (Å²) in [7, 11) is 0. The third kappa shape index (κ3) is 3.14. The maximum atomic E-state index is 5.33. The van der Waals surface area contributed by atoms with Crippen molar-refractivity contribution in [2.45, 2.75) is 45.6 Å². The highest BCUT2D eigenvalue weighted by molar-refractivity contribution is 7.80. The van der Waals surface area contributed by atoms with E-state index in [1.54, 1.807) is 0 Å². The molecule has 0 radical (unpaired) electrons. The van der Waals surface area contributed by atoms with Crippen molar-refractivity contribution < 1.29 is 0 Å². The highest BCUT2D eigenvalue weighted by Crippen LogP contribution is 2.16. The summed E-state index contributed by atoms with van der Waals surface area (Å²) < 4.78 is 0. The molecule has 0 bridgehead atoms. The van der Waals surface area contributed by atoms with Gasteiger partial charge in [0.15, 0.2) is 5.11 Å². The minimum atomic E-state index is 0.630. The lowest BCUT2D eigenvalue weighted by Gasteiger charge is -2.35. The number of nitrogens with one attached hydrogen (secondary N) is 1. The molecule has 0 unspecified atom stereocenters. The summed E-state index contributed by atoms with van der Waals surface area (Å²) in [5, 5.41) is 4.24. The summed E-state index contributed by atoms with van der Waals surface area (Å²) in [5.41, 5.74) is 0. The first-order valence-electron chi connectivity index (χ1n) is 5.30. The van der Waals surface area contributed by atoms with Gasteiger partial charge in [0, 0.05) is 19.1 Å². The van der Waals surface area contributed by atoms with E-state index >= 15 is 0 Å². The van der Waals surface area contributed by atoms with Gasteiger partial charge in [-0.1, -0.05) is 6.92 Å². The number of hydrogen-bond acceptors (Lipinski definition) is 1. The number of hydrogen-bond donors (Lipinski definition) is 1. The average molecular weight is 200 g/mol. The fraction of sp³-hybridized carbons (Fsp3) is 0.900. The second-order valence-electron chi connectivity index (χ2n) is 3.77. The Kier molecular flexibility index (Phi) is 4.50. The quantitative estimate of drug-likeness (QED) is 0.688. The van der Waals surface area contributed by atoms with Gasteiger partial charge in [-0.25, -0.2) is 0 Å². The Morgan fingerprint density at radius 1 is 1.54 bits per heavy atom. The third-order valence-electron chi connectivity index (χ3n) is 2.59. The molecule has 0 saturated carbocycles. The number of likely N-dealkylation sites (tertiary alicyclic amines) is 1. The molecule has 0 aliphatic carbocycles. The van der Waals surface area contributed by atoms with Crippen molar-refractivity contribution in [2.75, 3.05) is 13.1 Å². The molecule has 3 heteroatoms. The van der Waals surface area contributed by atoms with Crippen molar-refractivity contribution in [1.82, 2.24) is 10.2 Å². The van der Waals surface area contributed by atoms with Crippen molar-refractivity contribution in [3.8, 4) is 0 Å². The molecule has 1 heterocycles. The van der Waals surface area contributed by atoms with E-state index in [0.29, 0.717) is 6.04 Å². The molecule has 0 aromatic rings. The molecule has 1 aliphatic rings. The lowest BCUT2D eigenvalue weighted by atomic mass is 10.0. The van der Waals surface area contributed by atoms with Crippen molar-refractivity contribution in [3.05, 3.63) is 0 Å². The molecule has 1 N–H and O–H groups in total. The SMILES string of the molecule is CCCNC(=S)N1CCCC[C@@H]1C. The van der Waals surface area contributed by atoms with Crippen molar-refractivity contribution in [2.24, 2.45) is 0 Å². The van der Waals surface area contributed by atoms with Crippen LogP contribution in [0.2, 0.25) is 0 Å². The minimum absolute atomic E-state index is 0.630. The van der Waals surface area contributed by atoms with Crippen LogP contribution < -0.4 is 5.32 Å². The van der Waals surface area contributed by atoms with Crippen LogP contribution in [0.1, 0.15) is 39.5 Å². The van der Waals surface area contributed by atoms with Gasteiger partial charge in [0.25, 0.3) is 0 Å². The van der Waals surface area contributed by atoms with Crippen LogP contribution in [0.3, 0.4) is 0 Å². The van der Waals surface area contributed by atoms with Gasteiger partial charge < -0.3 is 10.2 Å². The second-order valence-corrected chi connectivity index (χ2v) is 4.16. The Bertz CT molecular complexity index is 170. The van der Waals surface area contributed by atoms with Crippen molar-refractivity contribution in [3.63, 3.8) is 0 Å². The lowest BCUT2D eigenvalue weighted by molar-refractivity contribution is 0.255. The molecule has 2 nitrogen and oxygen atoms in total. The average Bonchev–Trinajstić information content (AvgIpc) is 2.15. The molecule has 76 valence electrons. The zero-order chi connectivity index (χ0) is 9.68. The summed E-state index contributed by atoms with van der Waals surface area (Å²) in [6.07, 6.45) is 5.07. The normalized spacial score (nSPS) is 22.9. The molecule has 1 rings (SSSR count). The first-order chi connectivity index (χ1) is 6.25. The van der Waals surface area contributed by atoms with Gasteiger partial charge in [-0.2, -0.15) is 0 Å². The molecular weight excluding hydrogens is 180 g/mol. The minimum Gasteiger partial charge on any atom is -0.363 e. The molecule has 13 heavy (non-hydrogen) atoms. The Balaban J connectivity index is 2.35. The maximum absolute atomic E-state index is 5.33. The molecule has 0 spiro atoms. The van der Waals surface area contributed by atoms with Gasteiger partial charge in [-0.3, -0.25) is 0 Å². The Labute approximate surface area is 86.7 Å². The smallest absolute Gasteiger partial charge is 0.169 e. The number of piperidine rings is 1. The van der Waals surface area contributed by atoms with Crippen LogP contribution in [0.4, 0.5) is 0 Å². The van der Waals surface area contributed by atoms with Crippen LogP contribution >= 0.6 is 12.2 Å². The number of thiocarbonyl (C=S) groups is 1. The first-order valence-corrected chi connectivity index (χ1v) is 5.71. The second kappa shape index (κ2) is 5.43. The van der Waals surface area contributed by atoms with Crippen LogP contribution in [-0.2, 0) is 0 Å². The molecule has 1 atom stereocenters. The Morgan fingerprint density at radius 3 is 2.92 bits per heavy atom. The van der Waals surface area contributed by atoms with E-state index in [9.17, 15) is 0 Å². The van der Waals surface area contributed by atoms with Gasteiger partial charge in [0.1, 0.15) is 0 Å². The van der Waals surface area contributed by atoms with E-state index in [1.807, 2.05) is 0 Å². The topological polar surface area (TPSA) is 15.3 Å². The molecule has 0 aromatic carbocycles. The van der Waals surface area contributed by atoms with Gasteiger partial charge >= 0.3 is 0 Å². The number of nitrogens with zero attached hydrogens (tertiary/aromatic N) is 1. The number of rotatable bonds is 2. The lowest BCUT2D eigenvalue weighted by Crippen LogP contribution is -2.47. The Morgan fingerprint density at radius 2 is 2.31 bits per heavy atom. The standard InChI is InChI=1S/C10H20N2S/c1-3-7-11-10(13)12-8-5-4-6-9(12)2/h9H,3-8H2,1-2H3,(H,11,13)/t9-/m0/s1. The third-order valence-corrected chi connectivity index (χ3v) is 2.97. The van der Waals surface area contributed by atoms with Crippen LogP contribution in [0.15, 0.2) is 0 Å². The van der Waals surface area contributed by atoms with Crippen LogP contribution in [0.5, 0.6) is 0 Å². The first kappa shape index (κ1) is 10.8. The summed E-state index contributed by atoms with van der Waals surface area (Å²) in [4.78, 5) is 2.33. The highest BCUT2D eigenvalue weighted by atomic mass is 32.1. The fourth-order valence-electron chi connectivity index (χ4n) is 1.73. The summed E-state index contributed by atoms with van der Waals surface area (Å²) >= 11 is 5.33. The van der Waals surface area contributed by atoms with E-state index in [-0.39, 0.29) is 0 Å². The zero-order valence-corrected chi connectivity index (χ0v) is 9.49. The van der Waals surface area contributed by atoms with Crippen molar-refractivity contribution in [1.29, 1.82) is 0 Å². The van der Waals surface area contributed by atoms with E-state index < -0.39 is 0 Å². The van der Waals surface area contributed by atoms with E-state index in [4.69, 9.17) is 12.2 Å². The van der Waals surface area contributed by atoms with Gasteiger partial charge in [-0.05, 0) is 44.8 Å². The largest absolute Gasteiger partial charge is 0.363 e.